The van der Waals surface area contributed by atoms with Gasteiger partial charge in [-0.3, -0.25) is 0 Å². The van der Waals surface area contributed by atoms with Crippen LogP contribution in [0.4, 0.5) is 0 Å². The molecule has 0 fully saturated rings. The predicted octanol–water partition coefficient (Wildman–Crippen LogP) is 7.86. The van der Waals surface area contributed by atoms with Crippen LogP contribution in [0.3, 0.4) is 0 Å². The lowest BCUT2D eigenvalue weighted by Gasteiger charge is -2.15. The summed E-state index contributed by atoms with van der Waals surface area (Å²) < 4.78 is 0. The van der Waals surface area contributed by atoms with Crippen LogP contribution in [-0.2, 0) is 0 Å². The Morgan fingerprint density at radius 3 is 1.25 bits per heavy atom. The van der Waals surface area contributed by atoms with Gasteiger partial charge in [0.2, 0.25) is 0 Å². The van der Waals surface area contributed by atoms with Crippen LogP contribution < -0.4 is 0 Å². The molecule has 0 atom stereocenters. The molecule has 0 aliphatic heterocycles. The summed E-state index contributed by atoms with van der Waals surface area (Å²) in [5, 5.41) is 0. The molecule has 0 aromatic heterocycles. The van der Waals surface area contributed by atoms with Crippen molar-refractivity contribution in [1.82, 2.24) is 0 Å². The zero-order valence-corrected chi connectivity index (χ0v) is 14.8. The van der Waals surface area contributed by atoms with Gasteiger partial charge in [0.05, 0.1) is 0 Å². The third kappa shape index (κ3) is 14.4. The second kappa shape index (κ2) is 17.1. The summed E-state index contributed by atoms with van der Waals surface area (Å²) >= 11 is 0. The minimum atomic E-state index is 1.35. The first kappa shape index (κ1) is 20.0. The van der Waals surface area contributed by atoms with Crippen molar-refractivity contribution in [3.05, 3.63) is 5.92 Å². The van der Waals surface area contributed by atoms with Crippen molar-refractivity contribution in [2.45, 2.75) is 124 Å². The third-order valence-electron chi connectivity index (χ3n) is 4.37. The highest BCUT2D eigenvalue weighted by atomic mass is 14.1. The molecule has 0 aliphatic rings. The molecule has 121 valence electrons. The zero-order valence-electron chi connectivity index (χ0n) is 14.8. The molecule has 0 aromatic rings. The van der Waals surface area contributed by atoms with Crippen LogP contribution in [0.1, 0.15) is 124 Å². The fraction of sp³-hybridized carbons (Fsp3) is 0.950. The van der Waals surface area contributed by atoms with E-state index in [1.807, 2.05) is 5.92 Å². The highest BCUT2D eigenvalue weighted by molar-refractivity contribution is 4.88. The standard InChI is InChI=1S/C20H41/c1-4-7-9-11-12-13-14-16-19-20(17-6-3)18-15-10-8-5-2/h4-19H2,1-3H3. The van der Waals surface area contributed by atoms with E-state index in [9.17, 15) is 0 Å². The Labute approximate surface area is 130 Å². The number of hydrogen-bond acceptors (Lipinski definition) is 0. The average molecular weight is 282 g/mol. The maximum atomic E-state index is 2.33. The Morgan fingerprint density at radius 1 is 0.400 bits per heavy atom. The van der Waals surface area contributed by atoms with Crippen molar-refractivity contribution < 1.29 is 0 Å². The molecule has 0 nitrogen and oxygen atoms in total. The first-order valence-electron chi connectivity index (χ1n) is 9.68. The summed E-state index contributed by atoms with van der Waals surface area (Å²) in [7, 11) is 0. The zero-order chi connectivity index (χ0) is 14.9. The van der Waals surface area contributed by atoms with Gasteiger partial charge in [-0.05, 0) is 25.2 Å². The summed E-state index contributed by atoms with van der Waals surface area (Å²) in [5.41, 5.74) is 0. The molecule has 0 rings (SSSR count). The second-order valence-corrected chi connectivity index (χ2v) is 6.54. The van der Waals surface area contributed by atoms with Gasteiger partial charge >= 0.3 is 0 Å². The molecule has 0 spiro atoms. The fourth-order valence-electron chi connectivity index (χ4n) is 3.04. The molecule has 0 aromatic carbocycles. The van der Waals surface area contributed by atoms with E-state index in [1.54, 1.807) is 0 Å². The van der Waals surface area contributed by atoms with Crippen LogP contribution in [-0.4, -0.2) is 0 Å². The Balaban J connectivity index is 3.40. The average Bonchev–Trinajstić information content (AvgIpc) is 2.46. The normalized spacial score (nSPS) is 11.4. The van der Waals surface area contributed by atoms with Crippen LogP contribution in [0.5, 0.6) is 0 Å². The van der Waals surface area contributed by atoms with E-state index in [0.717, 1.165) is 0 Å². The molecule has 1 radical (unpaired) electrons. The van der Waals surface area contributed by atoms with Gasteiger partial charge in [0.25, 0.3) is 0 Å². The van der Waals surface area contributed by atoms with Crippen LogP contribution in [0.15, 0.2) is 0 Å². The van der Waals surface area contributed by atoms with E-state index in [-0.39, 0.29) is 0 Å². The van der Waals surface area contributed by atoms with Gasteiger partial charge < -0.3 is 0 Å². The van der Waals surface area contributed by atoms with Gasteiger partial charge in [-0.15, -0.1) is 0 Å². The first-order valence-corrected chi connectivity index (χ1v) is 9.68. The maximum Gasteiger partial charge on any atom is -0.0241 e. The highest BCUT2D eigenvalue weighted by Gasteiger charge is 2.07. The highest BCUT2D eigenvalue weighted by Crippen LogP contribution is 2.24. The van der Waals surface area contributed by atoms with Gasteiger partial charge in [-0.1, -0.05) is 104 Å². The monoisotopic (exact) mass is 281 g/mol. The van der Waals surface area contributed by atoms with Crippen LogP contribution in [0.25, 0.3) is 0 Å². The number of rotatable bonds is 16. The summed E-state index contributed by atoms with van der Waals surface area (Å²) in [4.78, 5) is 0. The minimum Gasteiger partial charge on any atom is -0.0654 e. The second-order valence-electron chi connectivity index (χ2n) is 6.54. The molecule has 0 bridgehead atoms. The van der Waals surface area contributed by atoms with Crippen molar-refractivity contribution in [2.24, 2.45) is 0 Å². The van der Waals surface area contributed by atoms with Crippen molar-refractivity contribution in [1.29, 1.82) is 0 Å². The van der Waals surface area contributed by atoms with Crippen LogP contribution in [0.2, 0.25) is 0 Å². The molecule has 0 heterocycles. The maximum absolute atomic E-state index is 2.33. The van der Waals surface area contributed by atoms with Crippen molar-refractivity contribution in [3.8, 4) is 0 Å². The van der Waals surface area contributed by atoms with Crippen molar-refractivity contribution >= 4 is 0 Å². The molecule has 0 amide bonds. The lowest BCUT2D eigenvalue weighted by molar-refractivity contribution is 0.531. The first-order chi connectivity index (χ1) is 9.85. The molecule has 0 aliphatic carbocycles. The SMILES string of the molecule is CCCCCCCCCC[C](CCC)CCCCCC. The predicted molar refractivity (Wildman–Crippen MR) is 94.1 cm³/mol. The van der Waals surface area contributed by atoms with Gasteiger partial charge in [0.1, 0.15) is 0 Å². The van der Waals surface area contributed by atoms with E-state index in [2.05, 4.69) is 20.8 Å². The summed E-state index contributed by atoms with van der Waals surface area (Å²) in [6, 6.07) is 0. The van der Waals surface area contributed by atoms with Crippen LogP contribution >= 0.6 is 0 Å². The van der Waals surface area contributed by atoms with Gasteiger partial charge in [0, 0.05) is 0 Å². The van der Waals surface area contributed by atoms with E-state index in [1.165, 1.54) is 103 Å². The Hall–Kier alpha value is 0. The van der Waals surface area contributed by atoms with Gasteiger partial charge in [0.15, 0.2) is 0 Å². The van der Waals surface area contributed by atoms with Crippen molar-refractivity contribution in [2.75, 3.05) is 0 Å². The molecule has 0 heteroatoms. The molecular formula is C20H41. The summed E-state index contributed by atoms with van der Waals surface area (Å²) in [6.45, 7) is 6.93. The largest absolute Gasteiger partial charge is 0.0654 e. The van der Waals surface area contributed by atoms with Gasteiger partial charge in [-0.2, -0.15) is 0 Å². The lowest BCUT2D eigenvalue weighted by Crippen LogP contribution is -1.98. The van der Waals surface area contributed by atoms with Crippen LogP contribution in [0, 0.1) is 5.92 Å². The minimum absolute atomic E-state index is 1.35. The molecule has 0 unspecified atom stereocenters. The van der Waals surface area contributed by atoms with Gasteiger partial charge in [-0.25, -0.2) is 0 Å². The number of hydrogen-bond donors (Lipinski definition) is 0. The summed E-state index contributed by atoms with van der Waals surface area (Å²) in [5.74, 6) is 1.87. The Kier molecular flexibility index (Phi) is 17.1. The van der Waals surface area contributed by atoms with E-state index in [0.29, 0.717) is 0 Å². The lowest BCUT2D eigenvalue weighted by atomic mass is 9.91. The Morgan fingerprint density at radius 2 is 0.800 bits per heavy atom. The topological polar surface area (TPSA) is 0 Å². The van der Waals surface area contributed by atoms with E-state index < -0.39 is 0 Å². The quantitative estimate of drug-likeness (QED) is 0.252. The smallest absolute Gasteiger partial charge is 0.0241 e. The van der Waals surface area contributed by atoms with E-state index in [4.69, 9.17) is 0 Å². The van der Waals surface area contributed by atoms with E-state index >= 15 is 0 Å². The third-order valence-corrected chi connectivity index (χ3v) is 4.37. The fourth-order valence-corrected chi connectivity index (χ4v) is 3.04. The van der Waals surface area contributed by atoms with Crippen molar-refractivity contribution in [3.63, 3.8) is 0 Å². The molecule has 0 saturated heterocycles. The number of unbranched alkanes of at least 4 members (excludes halogenated alkanes) is 10. The molecular weight excluding hydrogens is 240 g/mol. The summed E-state index contributed by atoms with van der Waals surface area (Å²) in [6.07, 6.45) is 22.9. The molecule has 0 N–H and O–H groups in total. The Bertz CT molecular complexity index is 161. The molecule has 0 saturated carbocycles. The molecule has 20 heavy (non-hydrogen) atoms.